The number of nitrogens with zero attached hydrogens (tertiary/aromatic N) is 2. The van der Waals surface area contributed by atoms with E-state index < -0.39 is 28.2 Å². The first-order valence-corrected chi connectivity index (χ1v) is 10.8. The molecule has 0 spiro atoms. The number of aromatic hydroxyl groups is 2. The van der Waals surface area contributed by atoms with Gasteiger partial charge in [0, 0.05) is 5.56 Å². The molecule has 3 aromatic carbocycles. The Morgan fingerprint density at radius 1 is 1.03 bits per heavy atom. The molecule has 0 radical (unpaired) electrons. The average molecular weight is 455 g/mol. The van der Waals surface area contributed by atoms with Crippen LogP contribution in [-0.4, -0.2) is 44.4 Å². The second-order valence-electron chi connectivity index (χ2n) is 6.50. The van der Waals surface area contributed by atoms with Crippen molar-refractivity contribution in [1.29, 1.82) is 0 Å². The normalized spacial score (nSPS) is 11.3. The minimum atomic E-state index is -4.10. The SMILES string of the molecule is COc1ccccc1N(CC(=O)NN=Cc1cccc(O)c1O)S(=O)(=O)c1ccccc1. The van der Waals surface area contributed by atoms with Crippen molar-refractivity contribution in [3.63, 3.8) is 0 Å². The van der Waals surface area contributed by atoms with Gasteiger partial charge in [-0.05, 0) is 36.4 Å². The van der Waals surface area contributed by atoms with Crippen LogP contribution in [0.5, 0.6) is 17.2 Å². The number of phenols is 2. The second-order valence-corrected chi connectivity index (χ2v) is 8.37. The molecule has 0 aliphatic heterocycles. The predicted molar refractivity (Wildman–Crippen MR) is 119 cm³/mol. The first-order chi connectivity index (χ1) is 15.3. The van der Waals surface area contributed by atoms with Crippen LogP contribution in [0.1, 0.15) is 5.56 Å². The maximum Gasteiger partial charge on any atom is 0.264 e. The molecule has 0 aromatic heterocycles. The van der Waals surface area contributed by atoms with E-state index in [9.17, 15) is 23.4 Å². The van der Waals surface area contributed by atoms with E-state index in [1.165, 1.54) is 43.5 Å². The van der Waals surface area contributed by atoms with Crippen LogP contribution in [0.2, 0.25) is 0 Å². The Morgan fingerprint density at radius 2 is 1.72 bits per heavy atom. The van der Waals surface area contributed by atoms with Gasteiger partial charge in [0.05, 0.1) is 23.9 Å². The van der Waals surface area contributed by atoms with Crippen molar-refractivity contribution < 1.29 is 28.2 Å². The van der Waals surface area contributed by atoms with Gasteiger partial charge in [0.2, 0.25) is 0 Å². The van der Waals surface area contributed by atoms with Crippen molar-refractivity contribution in [2.45, 2.75) is 4.90 Å². The number of ether oxygens (including phenoxy) is 1. The lowest BCUT2D eigenvalue weighted by Crippen LogP contribution is -2.39. The van der Waals surface area contributed by atoms with E-state index in [1.54, 1.807) is 36.4 Å². The fourth-order valence-electron chi connectivity index (χ4n) is 2.85. The number of hydrazone groups is 1. The molecule has 32 heavy (non-hydrogen) atoms. The second kappa shape index (κ2) is 9.84. The summed E-state index contributed by atoms with van der Waals surface area (Å²) in [4.78, 5) is 12.6. The van der Waals surface area contributed by atoms with Gasteiger partial charge >= 0.3 is 0 Å². The molecule has 0 saturated heterocycles. The fraction of sp³-hybridized carbons (Fsp3) is 0.0909. The number of benzene rings is 3. The van der Waals surface area contributed by atoms with Crippen LogP contribution in [0.3, 0.4) is 0 Å². The number of carbonyl (C=O) groups excluding carboxylic acids is 1. The van der Waals surface area contributed by atoms with Crippen LogP contribution < -0.4 is 14.5 Å². The van der Waals surface area contributed by atoms with Gasteiger partial charge in [-0.1, -0.05) is 36.4 Å². The van der Waals surface area contributed by atoms with Gasteiger partial charge in [-0.3, -0.25) is 9.10 Å². The van der Waals surface area contributed by atoms with E-state index in [-0.39, 0.29) is 27.6 Å². The third-order valence-electron chi connectivity index (χ3n) is 4.41. The summed E-state index contributed by atoms with van der Waals surface area (Å²) in [7, 11) is -2.70. The monoisotopic (exact) mass is 455 g/mol. The molecule has 0 heterocycles. The molecular weight excluding hydrogens is 434 g/mol. The minimum absolute atomic E-state index is 0.00638. The van der Waals surface area contributed by atoms with Crippen LogP contribution in [0, 0.1) is 0 Å². The number of hydrogen-bond donors (Lipinski definition) is 3. The predicted octanol–water partition coefficient (Wildman–Crippen LogP) is 2.45. The van der Waals surface area contributed by atoms with Crippen LogP contribution in [0.25, 0.3) is 0 Å². The third kappa shape index (κ3) is 4.98. The van der Waals surface area contributed by atoms with E-state index in [0.717, 1.165) is 10.5 Å². The zero-order chi connectivity index (χ0) is 23.1. The average Bonchev–Trinajstić information content (AvgIpc) is 2.80. The zero-order valence-electron chi connectivity index (χ0n) is 17.0. The van der Waals surface area contributed by atoms with Crippen molar-refractivity contribution in [1.82, 2.24) is 5.43 Å². The standard InChI is InChI=1S/C22H21N3O6S/c1-31-20-13-6-5-11-18(20)25(32(29,30)17-9-3-2-4-10-17)15-21(27)24-23-14-16-8-7-12-19(26)22(16)28/h2-14,26,28H,15H2,1H3,(H,24,27). The fourth-order valence-corrected chi connectivity index (χ4v) is 4.30. The summed E-state index contributed by atoms with van der Waals surface area (Å²) in [5, 5.41) is 23.0. The summed E-state index contributed by atoms with van der Waals surface area (Å²) < 4.78 is 32.8. The van der Waals surface area contributed by atoms with Gasteiger partial charge in [-0.2, -0.15) is 5.10 Å². The lowest BCUT2D eigenvalue weighted by Gasteiger charge is -2.25. The van der Waals surface area contributed by atoms with Crippen molar-refractivity contribution in [2.75, 3.05) is 18.0 Å². The summed E-state index contributed by atoms with van der Waals surface area (Å²) in [5.41, 5.74) is 2.58. The first-order valence-electron chi connectivity index (χ1n) is 9.38. The molecule has 3 rings (SSSR count). The number of carbonyl (C=O) groups is 1. The molecule has 10 heteroatoms. The molecule has 9 nitrogen and oxygen atoms in total. The maximum atomic E-state index is 13.3. The molecule has 0 unspecified atom stereocenters. The highest BCUT2D eigenvalue weighted by atomic mass is 32.2. The van der Waals surface area contributed by atoms with Crippen molar-refractivity contribution >= 4 is 27.8 Å². The smallest absolute Gasteiger partial charge is 0.264 e. The number of phenolic OH excluding ortho intramolecular Hbond substituents is 2. The number of anilines is 1. The topological polar surface area (TPSA) is 129 Å². The largest absolute Gasteiger partial charge is 0.504 e. The molecule has 3 aromatic rings. The summed E-state index contributed by atoms with van der Waals surface area (Å²) in [6.45, 7) is -0.582. The highest BCUT2D eigenvalue weighted by molar-refractivity contribution is 7.92. The lowest BCUT2D eigenvalue weighted by atomic mass is 10.2. The summed E-state index contributed by atoms with van der Waals surface area (Å²) in [6, 6.07) is 18.4. The number of methoxy groups -OCH3 is 1. The highest BCUT2D eigenvalue weighted by Gasteiger charge is 2.29. The summed E-state index contributed by atoms with van der Waals surface area (Å²) in [5.74, 6) is -1.19. The minimum Gasteiger partial charge on any atom is -0.504 e. The molecule has 0 aliphatic rings. The zero-order valence-corrected chi connectivity index (χ0v) is 17.9. The van der Waals surface area contributed by atoms with E-state index in [2.05, 4.69) is 10.5 Å². The van der Waals surface area contributed by atoms with Crippen LogP contribution in [0.4, 0.5) is 5.69 Å². The van der Waals surface area contributed by atoms with E-state index in [4.69, 9.17) is 4.74 Å². The molecule has 1 amide bonds. The maximum absolute atomic E-state index is 13.3. The first kappa shape index (κ1) is 22.6. The Hall–Kier alpha value is -4.05. The Labute approximate surface area is 185 Å². The van der Waals surface area contributed by atoms with Gasteiger partial charge in [0.25, 0.3) is 15.9 Å². The molecular formula is C22H21N3O6S. The van der Waals surface area contributed by atoms with Gasteiger partial charge in [-0.15, -0.1) is 0 Å². The molecule has 0 saturated carbocycles. The van der Waals surface area contributed by atoms with E-state index >= 15 is 0 Å². The lowest BCUT2D eigenvalue weighted by molar-refractivity contribution is -0.119. The quantitative estimate of drug-likeness (QED) is 0.272. The Bertz CT molecular complexity index is 1230. The number of rotatable bonds is 8. The van der Waals surface area contributed by atoms with Gasteiger partial charge < -0.3 is 14.9 Å². The van der Waals surface area contributed by atoms with Crippen molar-refractivity contribution in [3.05, 3.63) is 78.4 Å². The molecule has 166 valence electrons. The van der Waals surface area contributed by atoms with E-state index in [0.29, 0.717) is 0 Å². The van der Waals surface area contributed by atoms with Crippen molar-refractivity contribution in [2.24, 2.45) is 5.10 Å². The molecule has 0 fully saturated rings. The number of para-hydroxylation sites is 3. The number of nitrogens with one attached hydrogen (secondary N) is 1. The van der Waals surface area contributed by atoms with Gasteiger partial charge in [-0.25, -0.2) is 13.8 Å². The molecule has 0 atom stereocenters. The van der Waals surface area contributed by atoms with E-state index in [1.807, 2.05) is 0 Å². The van der Waals surface area contributed by atoms with Gasteiger partial charge in [0.1, 0.15) is 12.3 Å². The highest BCUT2D eigenvalue weighted by Crippen LogP contribution is 2.32. The Kier molecular flexibility index (Phi) is 6.96. The molecule has 0 aliphatic carbocycles. The molecule has 3 N–H and O–H groups in total. The summed E-state index contributed by atoms with van der Waals surface area (Å²) >= 11 is 0. The van der Waals surface area contributed by atoms with Crippen molar-refractivity contribution in [3.8, 4) is 17.2 Å². The summed E-state index contributed by atoms with van der Waals surface area (Å²) in [6.07, 6.45) is 1.13. The number of sulfonamides is 1. The third-order valence-corrected chi connectivity index (χ3v) is 6.19. The number of amides is 1. The van der Waals surface area contributed by atoms with Crippen LogP contribution in [0.15, 0.2) is 82.8 Å². The van der Waals surface area contributed by atoms with Gasteiger partial charge in [0.15, 0.2) is 11.5 Å². The van der Waals surface area contributed by atoms with Crippen LogP contribution in [-0.2, 0) is 14.8 Å². The number of hydrogen-bond acceptors (Lipinski definition) is 7. The molecule has 0 bridgehead atoms. The Balaban J connectivity index is 1.88. The Morgan fingerprint density at radius 3 is 2.44 bits per heavy atom. The van der Waals surface area contributed by atoms with Crippen LogP contribution >= 0.6 is 0 Å².